The van der Waals surface area contributed by atoms with Gasteiger partial charge in [-0.2, -0.15) is 0 Å². The lowest BCUT2D eigenvalue weighted by molar-refractivity contribution is 0.689. The van der Waals surface area contributed by atoms with Gasteiger partial charge in [-0.3, -0.25) is 0 Å². The Morgan fingerprint density at radius 2 is 1.42 bits per heavy atom. The van der Waals surface area contributed by atoms with Crippen molar-refractivity contribution in [1.82, 2.24) is 15.3 Å². The van der Waals surface area contributed by atoms with Crippen LogP contribution in [0.2, 0.25) is 0 Å². The maximum atomic E-state index is 4.47. The van der Waals surface area contributed by atoms with Crippen LogP contribution in [0.15, 0.2) is 67.0 Å². The number of benzene rings is 2. The highest BCUT2D eigenvalue weighted by Gasteiger charge is 2.11. The van der Waals surface area contributed by atoms with Crippen molar-refractivity contribution in [2.75, 3.05) is 18.0 Å². The third-order valence-corrected chi connectivity index (χ3v) is 4.80. The van der Waals surface area contributed by atoms with Crippen LogP contribution in [0.25, 0.3) is 11.4 Å². The molecule has 0 spiro atoms. The SMILES string of the molecule is c1ccc(-c2ncc(CNCc3ccc(N4CCCC4)cc3)cn2)cc1. The van der Waals surface area contributed by atoms with Gasteiger partial charge in [0.15, 0.2) is 5.82 Å². The van der Waals surface area contributed by atoms with E-state index < -0.39 is 0 Å². The van der Waals surface area contributed by atoms with Crippen LogP contribution in [0.3, 0.4) is 0 Å². The number of hydrogen-bond acceptors (Lipinski definition) is 4. The first-order chi connectivity index (χ1) is 12.9. The van der Waals surface area contributed by atoms with Gasteiger partial charge >= 0.3 is 0 Å². The number of nitrogens with one attached hydrogen (secondary N) is 1. The molecule has 1 aromatic heterocycles. The minimum absolute atomic E-state index is 0.767. The quantitative estimate of drug-likeness (QED) is 0.733. The minimum Gasteiger partial charge on any atom is -0.372 e. The molecule has 1 aliphatic heterocycles. The van der Waals surface area contributed by atoms with Crippen molar-refractivity contribution in [2.24, 2.45) is 0 Å². The highest BCUT2D eigenvalue weighted by atomic mass is 15.1. The van der Waals surface area contributed by atoms with E-state index in [1.54, 1.807) is 0 Å². The maximum absolute atomic E-state index is 4.47. The number of hydrogen-bond donors (Lipinski definition) is 1. The molecule has 4 heteroatoms. The lowest BCUT2D eigenvalue weighted by atomic mass is 10.2. The first-order valence-corrected chi connectivity index (χ1v) is 9.29. The molecule has 0 atom stereocenters. The first kappa shape index (κ1) is 16.7. The Balaban J connectivity index is 1.29. The normalized spacial score (nSPS) is 13.9. The van der Waals surface area contributed by atoms with Crippen LogP contribution in [0.1, 0.15) is 24.0 Å². The number of aromatic nitrogens is 2. The molecule has 1 saturated heterocycles. The summed E-state index contributed by atoms with van der Waals surface area (Å²) >= 11 is 0. The molecule has 26 heavy (non-hydrogen) atoms. The summed E-state index contributed by atoms with van der Waals surface area (Å²) in [6.07, 6.45) is 6.43. The van der Waals surface area contributed by atoms with Crippen LogP contribution in [-0.2, 0) is 13.1 Å². The summed E-state index contributed by atoms with van der Waals surface area (Å²) < 4.78 is 0. The molecule has 1 fully saturated rings. The topological polar surface area (TPSA) is 41.1 Å². The van der Waals surface area contributed by atoms with Crippen LogP contribution in [-0.4, -0.2) is 23.1 Å². The van der Waals surface area contributed by atoms with Crippen LogP contribution >= 0.6 is 0 Å². The number of rotatable bonds is 6. The van der Waals surface area contributed by atoms with Crippen molar-refractivity contribution < 1.29 is 0 Å². The zero-order valence-electron chi connectivity index (χ0n) is 14.9. The van der Waals surface area contributed by atoms with Crippen LogP contribution < -0.4 is 10.2 Å². The van der Waals surface area contributed by atoms with Crippen molar-refractivity contribution >= 4 is 5.69 Å². The highest BCUT2D eigenvalue weighted by Crippen LogP contribution is 2.20. The summed E-state index contributed by atoms with van der Waals surface area (Å²) in [4.78, 5) is 11.4. The van der Waals surface area contributed by atoms with E-state index in [2.05, 4.69) is 44.5 Å². The molecule has 0 unspecified atom stereocenters. The molecule has 2 heterocycles. The lowest BCUT2D eigenvalue weighted by Gasteiger charge is -2.17. The van der Waals surface area contributed by atoms with Gasteiger partial charge in [-0.25, -0.2) is 9.97 Å². The van der Waals surface area contributed by atoms with Gasteiger partial charge in [-0.15, -0.1) is 0 Å². The Hall–Kier alpha value is -2.72. The monoisotopic (exact) mass is 344 g/mol. The molecule has 1 aliphatic rings. The Labute approximate surface area is 154 Å². The fourth-order valence-electron chi connectivity index (χ4n) is 3.33. The smallest absolute Gasteiger partial charge is 0.159 e. The summed E-state index contributed by atoms with van der Waals surface area (Å²) in [5.41, 5.74) is 4.79. The standard InChI is InChI=1S/C22H24N4/c1-2-6-20(7-3-1)22-24-16-19(17-25-22)15-23-14-18-8-10-21(11-9-18)26-12-4-5-13-26/h1-3,6-11,16-17,23H,4-5,12-15H2. The summed E-state index contributed by atoms with van der Waals surface area (Å²) in [6, 6.07) is 19.0. The minimum atomic E-state index is 0.767. The molecule has 0 aliphatic carbocycles. The van der Waals surface area contributed by atoms with Crippen LogP contribution in [0, 0.1) is 0 Å². The van der Waals surface area contributed by atoms with Gasteiger partial charge in [0.25, 0.3) is 0 Å². The largest absolute Gasteiger partial charge is 0.372 e. The summed E-state index contributed by atoms with van der Waals surface area (Å²) in [5.74, 6) is 0.770. The molecule has 2 aromatic carbocycles. The maximum Gasteiger partial charge on any atom is 0.159 e. The van der Waals surface area contributed by atoms with Crippen molar-refractivity contribution in [3.05, 3.63) is 78.1 Å². The van der Waals surface area contributed by atoms with Crippen molar-refractivity contribution in [3.63, 3.8) is 0 Å². The van der Waals surface area contributed by atoms with E-state index in [1.165, 1.54) is 37.2 Å². The fraction of sp³-hybridized carbons (Fsp3) is 0.273. The molecule has 4 nitrogen and oxygen atoms in total. The van der Waals surface area contributed by atoms with Crippen LogP contribution in [0.4, 0.5) is 5.69 Å². The van der Waals surface area contributed by atoms with E-state index in [0.29, 0.717) is 0 Å². The molecule has 3 aromatic rings. The molecule has 4 rings (SSSR count). The van der Waals surface area contributed by atoms with Crippen molar-refractivity contribution in [1.29, 1.82) is 0 Å². The molecule has 1 N–H and O–H groups in total. The molecule has 0 amide bonds. The van der Waals surface area contributed by atoms with Gasteiger partial charge in [-0.05, 0) is 30.5 Å². The van der Waals surface area contributed by atoms with E-state index in [9.17, 15) is 0 Å². The van der Waals surface area contributed by atoms with Crippen molar-refractivity contribution in [3.8, 4) is 11.4 Å². The Morgan fingerprint density at radius 1 is 0.769 bits per heavy atom. The summed E-state index contributed by atoms with van der Waals surface area (Å²) in [6.45, 7) is 4.00. The zero-order valence-corrected chi connectivity index (χ0v) is 14.9. The van der Waals surface area contributed by atoms with Gasteiger partial charge in [0, 0.05) is 55.4 Å². The number of anilines is 1. The fourth-order valence-corrected chi connectivity index (χ4v) is 3.33. The van der Waals surface area contributed by atoms with E-state index >= 15 is 0 Å². The second kappa shape index (κ2) is 8.11. The van der Waals surface area contributed by atoms with Gasteiger partial charge in [0.05, 0.1) is 0 Å². The molecular weight excluding hydrogens is 320 g/mol. The number of nitrogens with zero attached hydrogens (tertiary/aromatic N) is 3. The average Bonchev–Trinajstić information content (AvgIpc) is 3.25. The predicted octanol–water partition coefficient (Wildman–Crippen LogP) is 4.03. The van der Waals surface area contributed by atoms with Gasteiger partial charge in [0.1, 0.15) is 0 Å². The van der Waals surface area contributed by atoms with E-state index in [0.717, 1.165) is 30.0 Å². The summed E-state index contributed by atoms with van der Waals surface area (Å²) in [5, 5.41) is 3.47. The van der Waals surface area contributed by atoms with E-state index in [-0.39, 0.29) is 0 Å². The third-order valence-electron chi connectivity index (χ3n) is 4.80. The molecule has 0 saturated carbocycles. The van der Waals surface area contributed by atoms with Crippen LogP contribution in [0.5, 0.6) is 0 Å². The Morgan fingerprint density at radius 3 is 2.12 bits per heavy atom. The Bertz CT molecular complexity index is 807. The Kier molecular flexibility index (Phi) is 5.22. The average molecular weight is 344 g/mol. The van der Waals surface area contributed by atoms with Gasteiger partial charge in [0.2, 0.25) is 0 Å². The third kappa shape index (κ3) is 4.09. The van der Waals surface area contributed by atoms with E-state index in [1.807, 2.05) is 42.7 Å². The highest BCUT2D eigenvalue weighted by molar-refractivity contribution is 5.54. The van der Waals surface area contributed by atoms with E-state index in [4.69, 9.17) is 0 Å². The summed E-state index contributed by atoms with van der Waals surface area (Å²) in [7, 11) is 0. The predicted molar refractivity (Wildman–Crippen MR) is 106 cm³/mol. The second-order valence-electron chi connectivity index (χ2n) is 6.75. The lowest BCUT2D eigenvalue weighted by Crippen LogP contribution is -2.17. The molecule has 0 radical (unpaired) electrons. The second-order valence-corrected chi connectivity index (χ2v) is 6.75. The molecule has 0 bridgehead atoms. The van der Waals surface area contributed by atoms with Gasteiger partial charge < -0.3 is 10.2 Å². The first-order valence-electron chi connectivity index (χ1n) is 9.29. The van der Waals surface area contributed by atoms with Gasteiger partial charge in [-0.1, -0.05) is 42.5 Å². The molecule has 132 valence electrons. The molecular formula is C22H24N4. The van der Waals surface area contributed by atoms with Crippen molar-refractivity contribution in [2.45, 2.75) is 25.9 Å². The zero-order chi connectivity index (χ0) is 17.6.